The van der Waals surface area contributed by atoms with Crippen molar-refractivity contribution in [1.29, 1.82) is 0 Å². The molecule has 0 atom stereocenters. The first-order valence-electron chi connectivity index (χ1n) is 8.33. The lowest BCUT2D eigenvalue weighted by Gasteiger charge is -2.34. The van der Waals surface area contributed by atoms with E-state index < -0.39 is 0 Å². The number of aromatic nitrogens is 1. The number of carbonyl (C=O) groups excluding carboxylic acids is 3. The standard InChI is InChI=1S/C17H26N4O3/c1-5-18-14(23)10-20-6-8-21(9-7-20)17(24)16-11(2)15(13(4)22)12(3)19-16/h19H,5-10H2,1-4H3,(H,18,23). The van der Waals surface area contributed by atoms with E-state index in [1.807, 2.05) is 18.7 Å². The van der Waals surface area contributed by atoms with Gasteiger partial charge in [0, 0.05) is 44.0 Å². The first-order chi connectivity index (χ1) is 11.3. The molecule has 0 radical (unpaired) electrons. The molecule has 2 heterocycles. The van der Waals surface area contributed by atoms with E-state index in [0.717, 1.165) is 11.3 Å². The summed E-state index contributed by atoms with van der Waals surface area (Å²) < 4.78 is 0. The van der Waals surface area contributed by atoms with E-state index in [-0.39, 0.29) is 17.6 Å². The van der Waals surface area contributed by atoms with Crippen LogP contribution in [0.15, 0.2) is 0 Å². The van der Waals surface area contributed by atoms with Crippen molar-refractivity contribution < 1.29 is 14.4 Å². The van der Waals surface area contributed by atoms with Gasteiger partial charge in [-0.05, 0) is 33.3 Å². The Hall–Kier alpha value is -2.15. The molecule has 2 N–H and O–H groups in total. The van der Waals surface area contributed by atoms with Crippen LogP contribution in [-0.4, -0.2) is 71.6 Å². The lowest BCUT2D eigenvalue weighted by molar-refractivity contribution is -0.122. The zero-order valence-corrected chi connectivity index (χ0v) is 14.9. The second-order valence-corrected chi connectivity index (χ2v) is 6.20. The Balaban J connectivity index is 2.00. The molecule has 2 rings (SSSR count). The topological polar surface area (TPSA) is 85.5 Å². The molecule has 1 saturated heterocycles. The summed E-state index contributed by atoms with van der Waals surface area (Å²) in [7, 11) is 0. The molecule has 24 heavy (non-hydrogen) atoms. The number of Topliss-reactive ketones (excluding diaryl/α,β-unsaturated/α-hetero) is 1. The monoisotopic (exact) mass is 334 g/mol. The number of piperazine rings is 1. The van der Waals surface area contributed by atoms with Crippen molar-refractivity contribution in [3.63, 3.8) is 0 Å². The molecule has 1 aliphatic rings. The number of nitrogens with zero attached hydrogens (tertiary/aromatic N) is 2. The average molecular weight is 334 g/mol. The molecule has 132 valence electrons. The van der Waals surface area contributed by atoms with E-state index in [0.29, 0.717) is 50.5 Å². The molecule has 7 nitrogen and oxygen atoms in total. The van der Waals surface area contributed by atoms with Gasteiger partial charge >= 0.3 is 0 Å². The minimum Gasteiger partial charge on any atom is -0.355 e. The number of aromatic amines is 1. The van der Waals surface area contributed by atoms with Gasteiger partial charge in [-0.1, -0.05) is 0 Å². The van der Waals surface area contributed by atoms with Crippen LogP contribution >= 0.6 is 0 Å². The Labute approximate surface area is 142 Å². The van der Waals surface area contributed by atoms with E-state index in [2.05, 4.69) is 10.3 Å². The number of hydrogen-bond acceptors (Lipinski definition) is 4. The third kappa shape index (κ3) is 3.84. The molecule has 7 heteroatoms. The van der Waals surface area contributed by atoms with Gasteiger partial charge in [0.15, 0.2) is 5.78 Å². The van der Waals surface area contributed by atoms with E-state index in [9.17, 15) is 14.4 Å². The van der Waals surface area contributed by atoms with Crippen LogP contribution in [0, 0.1) is 13.8 Å². The van der Waals surface area contributed by atoms with Gasteiger partial charge < -0.3 is 15.2 Å². The van der Waals surface area contributed by atoms with Crippen LogP contribution < -0.4 is 5.32 Å². The minimum absolute atomic E-state index is 0.0132. The fraction of sp³-hybridized carbons (Fsp3) is 0.588. The van der Waals surface area contributed by atoms with Crippen molar-refractivity contribution >= 4 is 17.6 Å². The molecule has 2 amide bonds. The minimum atomic E-state index is -0.0826. The summed E-state index contributed by atoms with van der Waals surface area (Å²) in [5, 5.41) is 2.78. The second-order valence-electron chi connectivity index (χ2n) is 6.20. The van der Waals surface area contributed by atoms with Crippen molar-refractivity contribution in [2.24, 2.45) is 0 Å². The summed E-state index contributed by atoms with van der Waals surface area (Å²) in [6, 6.07) is 0. The van der Waals surface area contributed by atoms with E-state index in [1.54, 1.807) is 11.8 Å². The number of hydrogen-bond donors (Lipinski definition) is 2. The maximum Gasteiger partial charge on any atom is 0.270 e. The summed E-state index contributed by atoms with van der Waals surface area (Å²) in [6.45, 7) is 10.5. The normalized spacial score (nSPS) is 15.4. The molecular weight excluding hydrogens is 308 g/mol. The number of carbonyl (C=O) groups is 3. The van der Waals surface area contributed by atoms with Crippen LogP contribution in [0.5, 0.6) is 0 Å². The molecule has 0 bridgehead atoms. The van der Waals surface area contributed by atoms with Crippen molar-refractivity contribution in [3.8, 4) is 0 Å². The van der Waals surface area contributed by atoms with Crippen LogP contribution in [-0.2, 0) is 4.79 Å². The molecule has 0 unspecified atom stereocenters. The van der Waals surface area contributed by atoms with Crippen LogP contribution in [0.2, 0.25) is 0 Å². The summed E-state index contributed by atoms with van der Waals surface area (Å²) >= 11 is 0. The SMILES string of the molecule is CCNC(=O)CN1CCN(C(=O)c2[nH]c(C)c(C(C)=O)c2C)CC1. The molecule has 1 aromatic rings. The predicted molar refractivity (Wildman–Crippen MR) is 91.3 cm³/mol. The van der Waals surface area contributed by atoms with Gasteiger partial charge in [0.1, 0.15) is 5.69 Å². The highest BCUT2D eigenvalue weighted by Gasteiger charge is 2.27. The predicted octanol–water partition coefficient (Wildman–Crippen LogP) is 0.728. The Morgan fingerprint density at radius 2 is 1.75 bits per heavy atom. The Kier molecular flexibility index (Phi) is 5.77. The zero-order valence-electron chi connectivity index (χ0n) is 14.9. The lowest BCUT2D eigenvalue weighted by atomic mass is 10.1. The largest absolute Gasteiger partial charge is 0.355 e. The van der Waals surface area contributed by atoms with Gasteiger partial charge in [0.05, 0.1) is 6.54 Å². The van der Waals surface area contributed by atoms with Crippen molar-refractivity contribution in [2.75, 3.05) is 39.3 Å². The summed E-state index contributed by atoms with van der Waals surface area (Å²) in [5.74, 6) is -0.105. The Morgan fingerprint density at radius 3 is 2.25 bits per heavy atom. The number of ketones is 1. The van der Waals surface area contributed by atoms with E-state index in [4.69, 9.17) is 0 Å². The molecular formula is C17H26N4O3. The lowest BCUT2D eigenvalue weighted by Crippen LogP contribution is -2.51. The van der Waals surface area contributed by atoms with E-state index in [1.165, 1.54) is 6.92 Å². The molecule has 0 saturated carbocycles. The quantitative estimate of drug-likeness (QED) is 0.777. The fourth-order valence-corrected chi connectivity index (χ4v) is 3.22. The van der Waals surface area contributed by atoms with Crippen molar-refractivity contribution in [2.45, 2.75) is 27.7 Å². The van der Waals surface area contributed by atoms with Gasteiger partial charge in [0.2, 0.25) is 5.91 Å². The average Bonchev–Trinajstić information content (AvgIpc) is 2.82. The van der Waals surface area contributed by atoms with Crippen molar-refractivity contribution in [1.82, 2.24) is 20.1 Å². The van der Waals surface area contributed by atoms with Gasteiger partial charge in [0.25, 0.3) is 5.91 Å². The van der Waals surface area contributed by atoms with Crippen LogP contribution in [0.4, 0.5) is 0 Å². The highest BCUT2D eigenvalue weighted by molar-refractivity contribution is 6.02. The first-order valence-corrected chi connectivity index (χ1v) is 8.33. The molecule has 1 fully saturated rings. The summed E-state index contributed by atoms with van der Waals surface area (Å²) in [6.07, 6.45) is 0. The summed E-state index contributed by atoms with van der Waals surface area (Å²) in [5.41, 5.74) is 2.55. The number of aryl methyl sites for hydroxylation is 1. The Morgan fingerprint density at radius 1 is 1.12 bits per heavy atom. The maximum atomic E-state index is 12.7. The van der Waals surface area contributed by atoms with E-state index >= 15 is 0 Å². The highest BCUT2D eigenvalue weighted by atomic mass is 16.2. The first kappa shape index (κ1) is 18.2. The molecule has 0 aliphatic carbocycles. The zero-order chi connectivity index (χ0) is 17.9. The van der Waals surface area contributed by atoms with Crippen LogP contribution in [0.25, 0.3) is 0 Å². The number of amides is 2. The molecule has 0 spiro atoms. The van der Waals surface area contributed by atoms with Gasteiger partial charge in [-0.25, -0.2) is 0 Å². The van der Waals surface area contributed by atoms with Crippen LogP contribution in [0.3, 0.4) is 0 Å². The van der Waals surface area contributed by atoms with Crippen LogP contribution in [0.1, 0.15) is 46.0 Å². The molecule has 0 aromatic carbocycles. The second kappa shape index (κ2) is 7.61. The Bertz CT molecular complexity index is 643. The van der Waals surface area contributed by atoms with Gasteiger partial charge in [-0.3, -0.25) is 19.3 Å². The van der Waals surface area contributed by atoms with Crippen molar-refractivity contribution in [3.05, 3.63) is 22.5 Å². The number of nitrogens with one attached hydrogen (secondary N) is 2. The number of likely N-dealkylation sites (N-methyl/N-ethyl adjacent to an activating group) is 1. The number of rotatable bonds is 5. The summed E-state index contributed by atoms with van der Waals surface area (Å²) in [4.78, 5) is 42.9. The van der Waals surface area contributed by atoms with Gasteiger partial charge in [-0.2, -0.15) is 0 Å². The maximum absolute atomic E-state index is 12.7. The fourth-order valence-electron chi connectivity index (χ4n) is 3.22. The highest BCUT2D eigenvalue weighted by Crippen LogP contribution is 2.20. The third-order valence-corrected chi connectivity index (χ3v) is 4.40. The molecule has 1 aromatic heterocycles. The third-order valence-electron chi connectivity index (χ3n) is 4.40. The van der Waals surface area contributed by atoms with Gasteiger partial charge in [-0.15, -0.1) is 0 Å². The molecule has 1 aliphatic heterocycles. The number of H-pyrrole nitrogens is 1. The smallest absolute Gasteiger partial charge is 0.270 e.